The van der Waals surface area contributed by atoms with Crippen LogP contribution in [0, 0.1) is 11.6 Å². The van der Waals surface area contributed by atoms with Crippen molar-refractivity contribution in [2.24, 2.45) is 0 Å². The van der Waals surface area contributed by atoms with Crippen molar-refractivity contribution in [1.29, 1.82) is 0 Å². The van der Waals surface area contributed by atoms with Crippen LogP contribution in [0.3, 0.4) is 0 Å². The van der Waals surface area contributed by atoms with Crippen LogP contribution in [-0.2, 0) is 13.0 Å². The maximum atomic E-state index is 13.5. The molecule has 0 aromatic heterocycles. The highest BCUT2D eigenvalue weighted by Gasteiger charge is 2.05. The Kier molecular flexibility index (Phi) is 5.72. The Morgan fingerprint density at radius 3 is 2.45 bits per heavy atom. The van der Waals surface area contributed by atoms with Crippen LogP contribution in [0.2, 0.25) is 0 Å². The zero-order valence-corrected chi connectivity index (χ0v) is 12.7. The number of ether oxygens (including phenoxy) is 2. The summed E-state index contributed by atoms with van der Waals surface area (Å²) in [5.41, 5.74) is 1.40. The van der Waals surface area contributed by atoms with E-state index in [0.29, 0.717) is 23.6 Å². The second-order valence-corrected chi connectivity index (χ2v) is 4.85. The number of hydrogen-bond acceptors (Lipinski definition) is 3. The van der Waals surface area contributed by atoms with Gasteiger partial charge in [0, 0.05) is 12.1 Å². The standard InChI is InChI=1S/C17H19F2NO2/c1-21-16-6-3-12(9-17(16)22-2)7-8-20-11-13-10-14(18)4-5-15(13)19/h3-6,9-10,20H,7-8,11H2,1-2H3. The predicted molar refractivity (Wildman–Crippen MR) is 81.3 cm³/mol. The highest BCUT2D eigenvalue weighted by atomic mass is 19.1. The van der Waals surface area contributed by atoms with Gasteiger partial charge in [-0.15, -0.1) is 0 Å². The molecule has 2 rings (SSSR count). The highest BCUT2D eigenvalue weighted by Crippen LogP contribution is 2.27. The van der Waals surface area contributed by atoms with Gasteiger partial charge in [0.25, 0.3) is 0 Å². The Labute approximate surface area is 128 Å². The molecule has 0 unspecified atom stereocenters. The summed E-state index contributed by atoms with van der Waals surface area (Å²) in [5, 5.41) is 3.11. The van der Waals surface area contributed by atoms with Gasteiger partial charge in [0.1, 0.15) is 11.6 Å². The first-order chi connectivity index (χ1) is 10.6. The maximum absolute atomic E-state index is 13.5. The van der Waals surface area contributed by atoms with E-state index in [1.165, 1.54) is 6.07 Å². The Hall–Kier alpha value is -2.14. The quantitative estimate of drug-likeness (QED) is 0.796. The van der Waals surface area contributed by atoms with E-state index in [1.54, 1.807) is 14.2 Å². The molecule has 3 nitrogen and oxygen atoms in total. The minimum absolute atomic E-state index is 0.289. The van der Waals surface area contributed by atoms with Crippen molar-refractivity contribution in [3.05, 3.63) is 59.2 Å². The Balaban J connectivity index is 1.87. The SMILES string of the molecule is COc1ccc(CCNCc2cc(F)ccc2F)cc1OC. The van der Waals surface area contributed by atoms with Gasteiger partial charge in [-0.25, -0.2) is 8.78 Å². The number of rotatable bonds is 7. The van der Waals surface area contributed by atoms with E-state index in [4.69, 9.17) is 9.47 Å². The molecule has 2 aromatic carbocycles. The first-order valence-corrected chi connectivity index (χ1v) is 6.99. The van der Waals surface area contributed by atoms with Crippen molar-refractivity contribution in [3.8, 4) is 11.5 Å². The third-order valence-corrected chi connectivity index (χ3v) is 3.36. The van der Waals surface area contributed by atoms with Crippen molar-refractivity contribution >= 4 is 0 Å². The predicted octanol–water partition coefficient (Wildman–Crippen LogP) is 3.31. The second kappa shape index (κ2) is 7.75. The van der Waals surface area contributed by atoms with E-state index in [1.807, 2.05) is 18.2 Å². The van der Waals surface area contributed by atoms with Crippen LogP contribution >= 0.6 is 0 Å². The Bertz CT molecular complexity index is 632. The molecule has 0 aliphatic rings. The lowest BCUT2D eigenvalue weighted by molar-refractivity contribution is 0.354. The van der Waals surface area contributed by atoms with Gasteiger partial charge >= 0.3 is 0 Å². The van der Waals surface area contributed by atoms with Crippen LogP contribution in [0.5, 0.6) is 11.5 Å². The maximum Gasteiger partial charge on any atom is 0.160 e. The van der Waals surface area contributed by atoms with Gasteiger partial charge in [-0.1, -0.05) is 6.07 Å². The van der Waals surface area contributed by atoms with Gasteiger partial charge in [-0.3, -0.25) is 0 Å². The molecule has 5 heteroatoms. The Morgan fingerprint density at radius 1 is 0.955 bits per heavy atom. The van der Waals surface area contributed by atoms with Crippen LogP contribution in [0.15, 0.2) is 36.4 Å². The van der Waals surface area contributed by atoms with E-state index in [-0.39, 0.29) is 6.54 Å². The van der Waals surface area contributed by atoms with Crippen molar-refractivity contribution in [3.63, 3.8) is 0 Å². The lowest BCUT2D eigenvalue weighted by Gasteiger charge is -2.10. The summed E-state index contributed by atoms with van der Waals surface area (Å²) in [7, 11) is 3.18. The molecule has 0 fully saturated rings. The van der Waals surface area contributed by atoms with Gasteiger partial charge in [-0.2, -0.15) is 0 Å². The van der Waals surface area contributed by atoms with Crippen LogP contribution in [-0.4, -0.2) is 20.8 Å². The number of nitrogens with one attached hydrogen (secondary N) is 1. The molecule has 0 aliphatic carbocycles. The zero-order valence-electron chi connectivity index (χ0n) is 12.7. The van der Waals surface area contributed by atoms with Crippen LogP contribution in [0.25, 0.3) is 0 Å². The smallest absolute Gasteiger partial charge is 0.160 e. The molecule has 0 aliphatic heterocycles. The Morgan fingerprint density at radius 2 is 1.73 bits per heavy atom. The minimum Gasteiger partial charge on any atom is -0.493 e. The van der Waals surface area contributed by atoms with Gasteiger partial charge in [0.15, 0.2) is 11.5 Å². The van der Waals surface area contributed by atoms with E-state index in [2.05, 4.69) is 5.32 Å². The van der Waals surface area contributed by atoms with Gasteiger partial charge in [0.05, 0.1) is 14.2 Å². The fourth-order valence-electron chi connectivity index (χ4n) is 2.17. The van der Waals surface area contributed by atoms with Crippen LogP contribution in [0.4, 0.5) is 8.78 Å². The number of methoxy groups -OCH3 is 2. The van der Waals surface area contributed by atoms with Crippen molar-refractivity contribution in [1.82, 2.24) is 5.32 Å². The number of hydrogen-bond donors (Lipinski definition) is 1. The molecule has 0 heterocycles. The summed E-state index contributed by atoms with van der Waals surface area (Å²) in [5.74, 6) is 0.523. The minimum atomic E-state index is -0.432. The molecule has 0 saturated carbocycles. The number of halogens is 2. The zero-order chi connectivity index (χ0) is 15.9. The third kappa shape index (κ3) is 4.18. The second-order valence-electron chi connectivity index (χ2n) is 4.85. The average molecular weight is 307 g/mol. The summed E-state index contributed by atoms with van der Waals surface area (Å²) >= 11 is 0. The monoisotopic (exact) mass is 307 g/mol. The van der Waals surface area contributed by atoms with Gasteiger partial charge in [-0.05, 0) is 48.9 Å². The molecular formula is C17H19F2NO2. The molecule has 0 radical (unpaired) electrons. The van der Waals surface area contributed by atoms with Crippen molar-refractivity contribution < 1.29 is 18.3 Å². The molecule has 118 valence electrons. The molecule has 0 saturated heterocycles. The largest absolute Gasteiger partial charge is 0.493 e. The van der Waals surface area contributed by atoms with Crippen molar-refractivity contribution in [2.45, 2.75) is 13.0 Å². The summed E-state index contributed by atoms with van der Waals surface area (Å²) < 4.78 is 36.9. The molecule has 0 spiro atoms. The molecule has 0 atom stereocenters. The van der Waals surface area contributed by atoms with E-state index in [9.17, 15) is 8.78 Å². The third-order valence-electron chi connectivity index (χ3n) is 3.36. The highest BCUT2D eigenvalue weighted by molar-refractivity contribution is 5.42. The van der Waals surface area contributed by atoms with Gasteiger partial charge < -0.3 is 14.8 Å². The van der Waals surface area contributed by atoms with Gasteiger partial charge in [0.2, 0.25) is 0 Å². The molecule has 2 aromatic rings. The first kappa shape index (κ1) is 16.2. The topological polar surface area (TPSA) is 30.5 Å². The summed E-state index contributed by atoms with van der Waals surface area (Å²) in [6, 6.07) is 9.16. The average Bonchev–Trinajstić information content (AvgIpc) is 2.54. The van der Waals surface area contributed by atoms with Crippen LogP contribution in [0.1, 0.15) is 11.1 Å². The van der Waals surface area contributed by atoms with Crippen molar-refractivity contribution in [2.75, 3.05) is 20.8 Å². The first-order valence-electron chi connectivity index (χ1n) is 6.99. The molecule has 22 heavy (non-hydrogen) atoms. The summed E-state index contributed by atoms with van der Waals surface area (Å²) in [6.45, 7) is 0.933. The fraction of sp³-hybridized carbons (Fsp3) is 0.294. The number of benzene rings is 2. The lowest BCUT2D eigenvalue weighted by atomic mass is 10.1. The fourth-order valence-corrected chi connectivity index (χ4v) is 2.17. The molecule has 0 amide bonds. The molecular weight excluding hydrogens is 288 g/mol. The molecule has 1 N–H and O–H groups in total. The lowest BCUT2D eigenvalue weighted by Crippen LogP contribution is -2.17. The van der Waals surface area contributed by atoms with E-state index in [0.717, 1.165) is 24.1 Å². The van der Waals surface area contributed by atoms with E-state index >= 15 is 0 Å². The van der Waals surface area contributed by atoms with Crippen LogP contribution < -0.4 is 14.8 Å². The summed E-state index contributed by atoms with van der Waals surface area (Å²) in [4.78, 5) is 0. The molecule has 0 bridgehead atoms. The summed E-state index contributed by atoms with van der Waals surface area (Å²) in [6.07, 6.45) is 0.747. The normalized spacial score (nSPS) is 10.5. The van der Waals surface area contributed by atoms with E-state index < -0.39 is 11.6 Å².